The number of thiophene rings is 1. The van der Waals surface area contributed by atoms with Gasteiger partial charge in [-0.1, -0.05) is 28.1 Å². The van der Waals surface area contributed by atoms with Gasteiger partial charge in [-0.3, -0.25) is 9.69 Å². The number of Topliss-reactive ketones (excluding diaryl/α,β-unsaturated/α-hetero) is 1. The van der Waals surface area contributed by atoms with Crippen LogP contribution in [0.5, 0.6) is 0 Å². The van der Waals surface area contributed by atoms with Gasteiger partial charge in [0.25, 0.3) is 0 Å². The second kappa shape index (κ2) is 6.98. The molecule has 0 aliphatic carbocycles. The summed E-state index contributed by atoms with van der Waals surface area (Å²) in [4.78, 5) is 15.7. The number of rotatable bonds is 5. The molecule has 1 aromatic carbocycles. The normalized spacial score (nSPS) is 12.7. The summed E-state index contributed by atoms with van der Waals surface area (Å²) in [5.74, 6) is 0.149. The molecule has 106 valence electrons. The van der Waals surface area contributed by atoms with Gasteiger partial charge < -0.3 is 0 Å². The predicted octanol–water partition coefficient (Wildman–Crippen LogP) is 4.98. The van der Waals surface area contributed by atoms with E-state index < -0.39 is 0 Å². The molecule has 2 nitrogen and oxygen atoms in total. The van der Waals surface area contributed by atoms with E-state index in [1.165, 1.54) is 4.88 Å². The molecule has 1 aromatic heterocycles. The summed E-state index contributed by atoms with van der Waals surface area (Å²) in [7, 11) is 1.98. The first kappa shape index (κ1) is 15.9. The molecule has 0 N–H and O–H groups in total. The number of benzene rings is 1. The average molecular weight is 417 g/mol. The number of likely N-dealkylation sites (N-methyl/N-ethyl adjacent to an activating group) is 1. The van der Waals surface area contributed by atoms with Gasteiger partial charge in [-0.2, -0.15) is 0 Å². The van der Waals surface area contributed by atoms with Crippen molar-refractivity contribution < 1.29 is 4.79 Å². The lowest BCUT2D eigenvalue weighted by Gasteiger charge is -2.23. The molecule has 1 unspecified atom stereocenters. The van der Waals surface area contributed by atoms with E-state index in [1.54, 1.807) is 11.3 Å². The van der Waals surface area contributed by atoms with E-state index in [2.05, 4.69) is 48.2 Å². The number of carbonyl (C=O) groups excluding carboxylic acids is 1. The summed E-state index contributed by atoms with van der Waals surface area (Å²) in [6.45, 7) is 2.73. The van der Waals surface area contributed by atoms with Crippen LogP contribution in [0.25, 0.3) is 0 Å². The van der Waals surface area contributed by atoms with Crippen LogP contribution in [0.1, 0.15) is 22.2 Å². The Morgan fingerprint density at radius 3 is 2.45 bits per heavy atom. The van der Waals surface area contributed by atoms with E-state index in [0.717, 1.165) is 21.1 Å². The fourth-order valence-electron chi connectivity index (χ4n) is 1.87. The molecule has 0 amide bonds. The smallest absolute Gasteiger partial charge is 0.179 e. The lowest BCUT2D eigenvalue weighted by Crippen LogP contribution is -2.35. The third-order valence-corrected chi connectivity index (χ3v) is 5.41. The number of ketones is 1. The van der Waals surface area contributed by atoms with Crippen LogP contribution < -0.4 is 0 Å². The van der Waals surface area contributed by atoms with Crippen molar-refractivity contribution in [1.82, 2.24) is 4.90 Å². The molecule has 5 heteroatoms. The van der Waals surface area contributed by atoms with Crippen molar-refractivity contribution in [3.8, 4) is 0 Å². The summed E-state index contributed by atoms with van der Waals surface area (Å²) < 4.78 is 2.08. The first-order valence-electron chi connectivity index (χ1n) is 6.20. The Morgan fingerprint density at radius 1 is 1.25 bits per heavy atom. The van der Waals surface area contributed by atoms with Crippen molar-refractivity contribution in [2.75, 3.05) is 7.05 Å². The van der Waals surface area contributed by atoms with Crippen LogP contribution in [0.4, 0.5) is 0 Å². The molecule has 1 atom stereocenters. The number of hydrogen-bond acceptors (Lipinski definition) is 3. The summed E-state index contributed by atoms with van der Waals surface area (Å²) in [6.07, 6.45) is 0. The highest BCUT2D eigenvalue weighted by Gasteiger charge is 2.20. The Balaban J connectivity index is 2.04. The Labute approximate surface area is 140 Å². The molecule has 0 fully saturated rings. The standard InChI is InChI=1S/C15H15Br2NOS/c1-10(15(19)11-3-5-12(16)6-4-11)18(2)8-14-7-13(17)9-20-14/h3-7,9-10H,8H2,1-2H3. The van der Waals surface area contributed by atoms with Gasteiger partial charge in [-0.05, 0) is 48.1 Å². The maximum Gasteiger partial charge on any atom is 0.179 e. The Morgan fingerprint density at radius 2 is 1.90 bits per heavy atom. The topological polar surface area (TPSA) is 20.3 Å². The van der Waals surface area contributed by atoms with E-state index >= 15 is 0 Å². The molecule has 0 saturated heterocycles. The Kier molecular flexibility index (Phi) is 5.55. The summed E-state index contributed by atoms with van der Waals surface area (Å²) in [5.41, 5.74) is 0.750. The highest BCUT2D eigenvalue weighted by atomic mass is 79.9. The fraction of sp³-hybridized carbons (Fsp3) is 0.267. The van der Waals surface area contributed by atoms with Gasteiger partial charge in [0.15, 0.2) is 5.78 Å². The van der Waals surface area contributed by atoms with Crippen molar-refractivity contribution in [1.29, 1.82) is 0 Å². The Hall–Kier alpha value is -0.490. The second-order valence-corrected chi connectivity index (χ2v) is 7.52. The highest BCUT2D eigenvalue weighted by molar-refractivity contribution is 9.10. The van der Waals surface area contributed by atoms with Gasteiger partial charge in [-0.15, -0.1) is 11.3 Å². The molecular weight excluding hydrogens is 402 g/mol. The molecule has 0 bridgehead atoms. The minimum atomic E-state index is -0.142. The van der Waals surface area contributed by atoms with E-state index in [0.29, 0.717) is 0 Å². The van der Waals surface area contributed by atoms with Gasteiger partial charge in [0.05, 0.1) is 6.04 Å². The van der Waals surface area contributed by atoms with E-state index in [9.17, 15) is 4.79 Å². The van der Waals surface area contributed by atoms with Crippen molar-refractivity contribution in [3.05, 3.63) is 55.1 Å². The zero-order valence-electron chi connectivity index (χ0n) is 11.3. The minimum absolute atomic E-state index is 0.142. The fourth-order valence-corrected chi connectivity index (χ4v) is 3.65. The van der Waals surface area contributed by atoms with Crippen LogP contribution in [0, 0.1) is 0 Å². The third-order valence-electron chi connectivity index (χ3n) is 3.20. The van der Waals surface area contributed by atoms with E-state index in [-0.39, 0.29) is 11.8 Å². The summed E-state index contributed by atoms with van der Waals surface area (Å²) in [5, 5.41) is 2.06. The number of halogens is 2. The number of nitrogens with zero attached hydrogens (tertiary/aromatic N) is 1. The molecule has 2 rings (SSSR count). The maximum absolute atomic E-state index is 12.4. The Bertz CT molecular complexity index is 594. The van der Waals surface area contributed by atoms with Crippen LogP contribution in [0.3, 0.4) is 0 Å². The average Bonchev–Trinajstić information content (AvgIpc) is 2.83. The van der Waals surface area contributed by atoms with Crippen molar-refractivity contribution in [2.45, 2.75) is 19.5 Å². The zero-order chi connectivity index (χ0) is 14.7. The van der Waals surface area contributed by atoms with Crippen LogP contribution in [0.15, 0.2) is 44.7 Å². The van der Waals surface area contributed by atoms with E-state index in [4.69, 9.17) is 0 Å². The predicted molar refractivity (Wildman–Crippen MR) is 91.4 cm³/mol. The molecule has 1 heterocycles. The van der Waals surface area contributed by atoms with Crippen LogP contribution in [-0.2, 0) is 6.54 Å². The molecule has 0 radical (unpaired) electrons. The maximum atomic E-state index is 12.4. The number of hydrogen-bond donors (Lipinski definition) is 0. The van der Waals surface area contributed by atoms with Crippen LogP contribution in [0.2, 0.25) is 0 Å². The molecule has 0 spiro atoms. The lowest BCUT2D eigenvalue weighted by molar-refractivity contribution is 0.0863. The molecule has 20 heavy (non-hydrogen) atoms. The van der Waals surface area contributed by atoms with E-state index in [1.807, 2.05) is 38.2 Å². The van der Waals surface area contributed by atoms with Crippen molar-refractivity contribution >= 4 is 49.0 Å². The molecule has 0 aliphatic heterocycles. The van der Waals surface area contributed by atoms with Gasteiger partial charge in [0, 0.05) is 31.3 Å². The number of carbonyl (C=O) groups is 1. The minimum Gasteiger partial charge on any atom is -0.292 e. The zero-order valence-corrected chi connectivity index (χ0v) is 15.3. The van der Waals surface area contributed by atoms with Crippen molar-refractivity contribution in [3.63, 3.8) is 0 Å². The van der Waals surface area contributed by atoms with Gasteiger partial charge in [0.2, 0.25) is 0 Å². The molecular formula is C15H15Br2NOS. The summed E-state index contributed by atoms with van der Waals surface area (Å²) >= 11 is 8.53. The first-order chi connectivity index (χ1) is 9.47. The quantitative estimate of drug-likeness (QED) is 0.640. The van der Waals surface area contributed by atoms with Crippen molar-refractivity contribution in [2.24, 2.45) is 0 Å². The summed E-state index contributed by atoms with van der Waals surface area (Å²) in [6, 6.07) is 9.47. The largest absolute Gasteiger partial charge is 0.292 e. The molecule has 2 aromatic rings. The van der Waals surface area contributed by atoms with Crippen LogP contribution in [-0.4, -0.2) is 23.8 Å². The van der Waals surface area contributed by atoms with Crippen LogP contribution >= 0.6 is 43.2 Å². The second-order valence-electron chi connectivity index (χ2n) is 4.69. The SMILES string of the molecule is CC(C(=O)c1ccc(Br)cc1)N(C)Cc1cc(Br)cs1. The van der Waals surface area contributed by atoms with Gasteiger partial charge >= 0.3 is 0 Å². The monoisotopic (exact) mass is 415 g/mol. The lowest BCUT2D eigenvalue weighted by atomic mass is 10.0. The molecule has 0 aliphatic rings. The molecule has 0 saturated carbocycles. The van der Waals surface area contributed by atoms with Gasteiger partial charge in [0.1, 0.15) is 0 Å². The first-order valence-corrected chi connectivity index (χ1v) is 8.67. The van der Waals surface area contributed by atoms with Gasteiger partial charge in [-0.25, -0.2) is 0 Å². The highest BCUT2D eigenvalue weighted by Crippen LogP contribution is 2.22. The third kappa shape index (κ3) is 4.01.